The van der Waals surface area contributed by atoms with Crippen molar-refractivity contribution in [3.05, 3.63) is 0 Å². The summed E-state index contributed by atoms with van der Waals surface area (Å²) in [5.41, 5.74) is 0. The van der Waals surface area contributed by atoms with Gasteiger partial charge >= 0.3 is 20.1 Å². The minimum Gasteiger partial charge on any atom is -0.542 e. The Labute approximate surface area is 38.7 Å². The van der Waals surface area contributed by atoms with Crippen molar-refractivity contribution >= 4 is 6.29 Å². The Bertz CT molecular complexity index is 13.5. The standard InChI is InChI=1S/C2H3O.Ir/c1-2-3;/h1H3;/q-1;+3. The van der Waals surface area contributed by atoms with Gasteiger partial charge in [-0.15, -0.1) is 0 Å². The Morgan fingerprint density at radius 3 is 1.75 bits per heavy atom. The molecule has 2 heteroatoms. The molecule has 0 heterocycles. The average Bonchev–Trinajstić information content (AvgIpc) is 0.918. The molecule has 24 valence electrons. The van der Waals surface area contributed by atoms with E-state index in [1.807, 2.05) is 0 Å². The summed E-state index contributed by atoms with van der Waals surface area (Å²) in [6.45, 7) is 1.32. The minimum atomic E-state index is 0. The summed E-state index contributed by atoms with van der Waals surface area (Å²) in [6, 6.07) is 0. The number of hydrogen-bond acceptors (Lipinski definition) is 1. The van der Waals surface area contributed by atoms with Gasteiger partial charge in [0.15, 0.2) is 0 Å². The predicted octanol–water partition coefficient (Wildman–Crippen LogP) is 0.113. The molecule has 0 aromatic rings. The van der Waals surface area contributed by atoms with Gasteiger partial charge in [-0.25, -0.2) is 0 Å². The van der Waals surface area contributed by atoms with Crippen LogP contribution in [0.15, 0.2) is 0 Å². The molecule has 0 aliphatic heterocycles. The van der Waals surface area contributed by atoms with Gasteiger partial charge in [-0.3, -0.25) is 6.29 Å². The van der Waals surface area contributed by atoms with Crippen LogP contribution in [0.5, 0.6) is 0 Å². The van der Waals surface area contributed by atoms with Gasteiger partial charge in [-0.1, -0.05) is 0 Å². The summed E-state index contributed by atoms with van der Waals surface area (Å²) in [7, 11) is 0. The first-order valence-electron chi connectivity index (χ1n) is 0.704. The number of carbonyl (C=O) groups excluding carboxylic acids is 1. The first kappa shape index (κ1) is 8.85. The second kappa shape index (κ2) is 10.3. The Balaban J connectivity index is 0. The fourth-order valence-electron chi connectivity index (χ4n) is 0. The van der Waals surface area contributed by atoms with Crippen LogP contribution in [0.3, 0.4) is 0 Å². The van der Waals surface area contributed by atoms with Gasteiger partial charge in [0.1, 0.15) is 0 Å². The van der Waals surface area contributed by atoms with E-state index in [1.165, 1.54) is 13.2 Å². The molecule has 0 rings (SSSR count). The van der Waals surface area contributed by atoms with Crippen LogP contribution in [-0.2, 0) is 24.9 Å². The van der Waals surface area contributed by atoms with Crippen molar-refractivity contribution in [2.45, 2.75) is 6.92 Å². The van der Waals surface area contributed by atoms with Gasteiger partial charge in [-0.2, -0.15) is 6.92 Å². The van der Waals surface area contributed by atoms with Crippen LogP contribution >= 0.6 is 0 Å². The zero-order chi connectivity index (χ0) is 2.71. The van der Waals surface area contributed by atoms with Gasteiger partial charge in [0.25, 0.3) is 0 Å². The Kier molecular flexibility index (Phi) is 22.7. The van der Waals surface area contributed by atoms with Crippen molar-refractivity contribution in [3.8, 4) is 0 Å². The van der Waals surface area contributed by atoms with E-state index in [2.05, 4.69) is 0 Å². The minimum absolute atomic E-state index is 0. The van der Waals surface area contributed by atoms with E-state index in [0.717, 1.165) is 0 Å². The monoisotopic (exact) mass is 236 g/mol. The first-order valence-corrected chi connectivity index (χ1v) is 0.704. The molecular formula is C2H3IrO+2. The molecular weight excluding hydrogens is 232 g/mol. The fourth-order valence-corrected chi connectivity index (χ4v) is 0. The van der Waals surface area contributed by atoms with Crippen molar-refractivity contribution < 1.29 is 24.9 Å². The summed E-state index contributed by atoms with van der Waals surface area (Å²) < 4.78 is 0. The first-order chi connectivity index (χ1) is 1.41. The molecule has 0 N–H and O–H groups in total. The van der Waals surface area contributed by atoms with Crippen LogP contribution in [-0.4, -0.2) is 6.29 Å². The van der Waals surface area contributed by atoms with Crippen LogP contribution < -0.4 is 0 Å². The predicted molar refractivity (Wildman–Crippen MR) is 11.4 cm³/mol. The maximum Gasteiger partial charge on any atom is 3.00 e. The molecule has 0 aliphatic rings. The smallest absolute Gasteiger partial charge is 0.542 e. The Hall–Kier alpha value is 0.319. The Morgan fingerprint density at radius 1 is 1.75 bits per heavy atom. The van der Waals surface area contributed by atoms with Gasteiger partial charge < -0.3 is 4.79 Å². The van der Waals surface area contributed by atoms with Gasteiger partial charge in [0.2, 0.25) is 0 Å². The SMILES string of the molecule is C[C-]=O.[Ir+3]. The second-order valence-corrected chi connectivity index (χ2v) is 0.204. The molecule has 0 unspecified atom stereocenters. The summed E-state index contributed by atoms with van der Waals surface area (Å²) >= 11 is 0. The van der Waals surface area contributed by atoms with Crippen molar-refractivity contribution in [2.24, 2.45) is 0 Å². The molecule has 0 atom stereocenters. The van der Waals surface area contributed by atoms with Crippen molar-refractivity contribution in [1.82, 2.24) is 0 Å². The quantitative estimate of drug-likeness (QED) is 0.545. The molecule has 0 fully saturated rings. The van der Waals surface area contributed by atoms with Crippen molar-refractivity contribution in [1.29, 1.82) is 0 Å². The van der Waals surface area contributed by atoms with Gasteiger partial charge in [0, 0.05) is 0 Å². The summed E-state index contributed by atoms with van der Waals surface area (Å²) in [5, 5.41) is 0. The van der Waals surface area contributed by atoms with Gasteiger partial charge in [-0.05, 0) is 0 Å². The summed E-state index contributed by atoms with van der Waals surface area (Å²) in [4.78, 5) is 8.68. The molecule has 0 aromatic heterocycles. The molecule has 0 bridgehead atoms. The van der Waals surface area contributed by atoms with Crippen molar-refractivity contribution in [3.63, 3.8) is 0 Å². The van der Waals surface area contributed by atoms with Gasteiger partial charge in [0.05, 0.1) is 0 Å². The molecule has 0 amide bonds. The number of hydrogen-bond donors (Lipinski definition) is 0. The largest absolute Gasteiger partial charge is 3.00 e. The van der Waals surface area contributed by atoms with Crippen LogP contribution in [0.1, 0.15) is 6.92 Å². The van der Waals surface area contributed by atoms with Crippen LogP contribution in [0.25, 0.3) is 0 Å². The zero-order valence-corrected chi connectivity index (χ0v) is 4.64. The molecule has 0 radical (unpaired) electrons. The summed E-state index contributed by atoms with van der Waals surface area (Å²) in [6.07, 6.45) is 1.50. The third-order valence-corrected chi connectivity index (χ3v) is 0. The zero-order valence-electron chi connectivity index (χ0n) is 2.24. The molecule has 1 nitrogen and oxygen atoms in total. The molecule has 0 saturated heterocycles. The van der Waals surface area contributed by atoms with Crippen molar-refractivity contribution in [2.75, 3.05) is 0 Å². The third kappa shape index (κ3) is 39.6. The fraction of sp³-hybridized carbons (Fsp3) is 0.500. The van der Waals surface area contributed by atoms with E-state index in [1.54, 1.807) is 0 Å². The maximum absolute atomic E-state index is 8.68. The normalized spacial score (nSPS) is 3.25. The van der Waals surface area contributed by atoms with Crippen LogP contribution in [0, 0.1) is 0 Å². The second-order valence-electron chi connectivity index (χ2n) is 0.204. The van der Waals surface area contributed by atoms with Crippen LogP contribution in [0.4, 0.5) is 0 Å². The molecule has 0 saturated carbocycles. The maximum atomic E-state index is 8.68. The average molecular weight is 235 g/mol. The topological polar surface area (TPSA) is 17.1 Å². The van der Waals surface area contributed by atoms with E-state index >= 15 is 0 Å². The van der Waals surface area contributed by atoms with E-state index in [4.69, 9.17) is 4.79 Å². The third-order valence-electron chi connectivity index (χ3n) is 0. The molecule has 4 heavy (non-hydrogen) atoms. The Morgan fingerprint density at radius 2 is 1.75 bits per heavy atom. The summed E-state index contributed by atoms with van der Waals surface area (Å²) in [5.74, 6) is 0. The van der Waals surface area contributed by atoms with E-state index < -0.39 is 0 Å². The molecule has 0 aromatic carbocycles. The molecule has 0 aliphatic carbocycles. The van der Waals surface area contributed by atoms with E-state index in [9.17, 15) is 0 Å². The van der Waals surface area contributed by atoms with E-state index in [-0.39, 0.29) is 20.1 Å². The molecule has 0 spiro atoms. The van der Waals surface area contributed by atoms with Crippen LogP contribution in [0.2, 0.25) is 0 Å². The number of rotatable bonds is 0. The van der Waals surface area contributed by atoms with E-state index in [0.29, 0.717) is 0 Å².